The van der Waals surface area contributed by atoms with Gasteiger partial charge in [0.1, 0.15) is 5.40 Å². The number of nitriles is 1. The Hall–Kier alpha value is -2.74. The molecule has 0 unspecified atom stereocenters. The van der Waals surface area contributed by atoms with Gasteiger partial charge in [0.15, 0.2) is 0 Å². The third-order valence-corrected chi connectivity index (χ3v) is 2.65. The second kappa shape index (κ2) is 5.74. The van der Waals surface area contributed by atoms with Crippen molar-refractivity contribution in [1.82, 2.24) is 0 Å². The highest BCUT2D eigenvalue weighted by Crippen LogP contribution is 2.39. The quantitative estimate of drug-likeness (QED) is 0.452. The minimum atomic E-state index is -1.17. The molecule has 0 aliphatic carbocycles. The van der Waals surface area contributed by atoms with Gasteiger partial charge in [-0.1, -0.05) is 0 Å². The Morgan fingerprint density at radius 3 is 2.05 bits per heavy atom. The first-order chi connectivity index (χ1) is 8.90. The highest BCUT2D eigenvalue weighted by molar-refractivity contribution is 8.02. The van der Waals surface area contributed by atoms with E-state index in [1.807, 2.05) is 0 Å². The average Bonchev–Trinajstić information content (AvgIpc) is 2.34. The van der Waals surface area contributed by atoms with Crippen LogP contribution >= 0.6 is 11.8 Å². The Balaban J connectivity index is 3.59. The lowest BCUT2D eigenvalue weighted by Crippen LogP contribution is -2.04. The number of rotatable bonds is 5. The van der Waals surface area contributed by atoms with Gasteiger partial charge >= 0.3 is 17.1 Å². The van der Waals surface area contributed by atoms with Gasteiger partial charge in [-0.3, -0.25) is 30.3 Å². The minimum absolute atomic E-state index is 0.117. The van der Waals surface area contributed by atoms with Gasteiger partial charge in [-0.2, -0.15) is 5.26 Å². The second-order valence-corrected chi connectivity index (χ2v) is 3.85. The van der Waals surface area contributed by atoms with E-state index in [0.29, 0.717) is 11.8 Å². The molecule has 19 heavy (non-hydrogen) atoms. The van der Waals surface area contributed by atoms with E-state index in [1.165, 1.54) is 0 Å². The normalized spacial score (nSPS) is 9.63. The predicted molar refractivity (Wildman–Crippen MR) is 63.3 cm³/mol. The summed E-state index contributed by atoms with van der Waals surface area (Å²) in [5.74, 6) is -0.175. The molecule has 98 valence electrons. The van der Waals surface area contributed by atoms with Crippen LogP contribution in [0.3, 0.4) is 0 Å². The van der Waals surface area contributed by atoms with Crippen molar-refractivity contribution in [3.8, 4) is 5.40 Å². The molecular formula is C8H4N4O6S. The second-order valence-electron chi connectivity index (χ2n) is 3.09. The highest BCUT2D eigenvalue weighted by Gasteiger charge is 2.38. The first-order valence-electron chi connectivity index (χ1n) is 4.50. The summed E-state index contributed by atoms with van der Waals surface area (Å²) in [7, 11) is 0. The highest BCUT2D eigenvalue weighted by atomic mass is 32.2. The van der Waals surface area contributed by atoms with Crippen LogP contribution in [0.5, 0.6) is 0 Å². The van der Waals surface area contributed by atoms with Crippen LogP contribution < -0.4 is 0 Å². The van der Waals surface area contributed by atoms with E-state index in [2.05, 4.69) is 0 Å². The third-order valence-electron chi connectivity index (χ3n) is 2.07. The first kappa shape index (κ1) is 14.3. The van der Waals surface area contributed by atoms with Crippen molar-refractivity contribution in [1.29, 1.82) is 5.26 Å². The Bertz CT molecular complexity index is 610. The van der Waals surface area contributed by atoms with Gasteiger partial charge in [-0.05, 0) is 17.8 Å². The summed E-state index contributed by atoms with van der Waals surface area (Å²) in [6.45, 7) is 0. The van der Waals surface area contributed by atoms with E-state index < -0.39 is 31.8 Å². The minimum Gasteiger partial charge on any atom is -0.258 e. The van der Waals surface area contributed by atoms with Crippen molar-refractivity contribution < 1.29 is 14.8 Å². The van der Waals surface area contributed by atoms with Crippen LogP contribution in [0.1, 0.15) is 5.56 Å². The number of nitro benzene ring substituents is 3. The lowest BCUT2D eigenvalue weighted by Gasteiger charge is -2.01. The van der Waals surface area contributed by atoms with E-state index in [9.17, 15) is 30.3 Å². The summed E-state index contributed by atoms with van der Waals surface area (Å²) in [4.78, 5) is 29.0. The molecule has 0 amide bonds. The molecule has 11 heteroatoms. The van der Waals surface area contributed by atoms with Crippen LogP contribution in [0, 0.1) is 41.0 Å². The van der Waals surface area contributed by atoms with E-state index >= 15 is 0 Å². The molecule has 1 aromatic rings. The molecule has 0 saturated carbocycles. The largest absolute Gasteiger partial charge is 0.422 e. The molecule has 0 bridgehead atoms. The lowest BCUT2D eigenvalue weighted by atomic mass is 10.1. The van der Waals surface area contributed by atoms with Gasteiger partial charge in [0.2, 0.25) is 0 Å². The van der Waals surface area contributed by atoms with Crippen molar-refractivity contribution >= 4 is 28.8 Å². The molecule has 0 N–H and O–H groups in total. The topological polar surface area (TPSA) is 153 Å². The van der Waals surface area contributed by atoms with Gasteiger partial charge in [-0.15, -0.1) is 0 Å². The first-order valence-corrected chi connectivity index (χ1v) is 5.48. The summed E-state index contributed by atoms with van der Waals surface area (Å²) in [6.07, 6.45) is 0. The Kier molecular flexibility index (Phi) is 4.32. The van der Waals surface area contributed by atoms with Crippen LogP contribution in [0.25, 0.3) is 0 Å². The molecule has 0 saturated heterocycles. The van der Waals surface area contributed by atoms with Crippen molar-refractivity contribution in [2.45, 2.75) is 5.75 Å². The van der Waals surface area contributed by atoms with Gasteiger partial charge < -0.3 is 0 Å². The van der Waals surface area contributed by atoms with Crippen LogP contribution in [-0.2, 0) is 5.75 Å². The molecule has 0 spiro atoms. The van der Waals surface area contributed by atoms with Gasteiger partial charge in [0.05, 0.1) is 14.8 Å². The van der Waals surface area contributed by atoms with Crippen molar-refractivity contribution in [2.75, 3.05) is 0 Å². The smallest absolute Gasteiger partial charge is 0.258 e. The fourth-order valence-electron chi connectivity index (χ4n) is 1.37. The summed E-state index contributed by atoms with van der Waals surface area (Å²) in [5, 5.41) is 42.4. The molecule has 0 aromatic heterocycles. The zero-order chi connectivity index (χ0) is 14.6. The molecule has 1 aromatic carbocycles. The molecule has 0 aliphatic rings. The third kappa shape index (κ3) is 2.93. The van der Waals surface area contributed by atoms with E-state index in [4.69, 9.17) is 5.26 Å². The monoisotopic (exact) mass is 284 g/mol. The van der Waals surface area contributed by atoms with Crippen LogP contribution in [0.4, 0.5) is 17.1 Å². The Labute approximate surface area is 109 Å². The van der Waals surface area contributed by atoms with Crippen LogP contribution in [0.2, 0.25) is 0 Å². The number of nitrogens with zero attached hydrogens (tertiary/aromatic N) is 4. The number of hydrogen-bond donors (Lipinski definition) is 0. The van der Waals surface area contributed by atoms with Gasteiger partial charge in [0, 0.05) is 17.4 Å². The molecule has 1 rings (SSSR count). The van der Waals surface area contributed by atoms with Crippen LogP contribution in [-0.4, -0.2) is 14.8 Å². The maximum absolute atomic E-state index is 10.9. The summed E-state index contributed by atoms with van der Waals surface area (Å²) in [6, 6.07) is 1.85. The van der Waals surface area contributed by atoms with Crippen molar-refractivity contribution in [3.05, 3.63) is 48.0 Å². The van der Waals surface area contributed by atoms with Crippen molar-refractivity contribution in [2.24, 2.45) is 0 Å². The van der Waals surface area contributed by atoms with E-state index in [-0.39, 0.29) is 11.3 Å². The van der Waals surface area contributed by atoms with E-state index in [1.54, 1.807) is 5.40 Å². The number of benzene rings is 1. The molecule has 0 atom stereocenters. The van der Waals surface area contributed by atoms with E-state index in [0.717, 1.165) is 12.1 Å². The number of thiocyanates is 1. The number of hydrogen-bond acceptors (Lipinski definition) is 8. The zero-order valence-corrected chi connectivity index (χ0v) is 9.82. The van der Waals surface area contributed by atoms with Crippen LogP contribution in [0.15, 0.2) is 12.1 Å². The molecule has 10 nitrogen and oxygen atoms in total. The molecule has 0 radical (unpaired) electrons. The van der Waals surface area contributed by atoms with Gasteiger partial charge in [0.25, 0.3) is 0 Å². The summed E-state index contributed by atoms with van der Waals surface area (Å²) < 4.78 is 0. The SMILES string of the molecule is N#CSCc1ccc([N+](=O)[O-])c([N+](=O)[O-])c1[N+](=O)[O-]. The molecule has 0 heterocycles. The fraction of sp³-hybridized carbons (Fsp3) is 0.125. The standard InChI is InChI=1S/C8H4N4O6S/c9-4-19-3-5-1-2-6(10(13)14)8(12(17)18)7(5)11(15)16/h1-2H,3H2. The number of nitro groups is 3. The summed E-state index contributed by atoms with van der Waals surface area (Å²) >= 11 is 0.636. The molecule has 0 aliphatic heterocycles. The zero-order valence-electron chi connectivity index (χ0n) is 9.01. The Morgan fingerprint density at radius 2 is 1.63 bits per heavy atom. The van der Waals surface area contributed by atoms with Crippen molar-refractivity contribution in [3.63, 3.8) is 0 Å². The summed E-state index contributed by atoms with van der Waals surface area (Å²) in [5.41, 5.74) is -3.20. The molecular weight excluding hydrogens is 280 g/mol. The fourth-order valence-corrected chi connectivity index (χ4v) is 1.82. The van der Waals surface area contributed by atoms with Gasteiger partial charge in [-0.25, -0.2) is 0 Å². The molecule has 0 fully saturated rings. The predicted octanol–water partition coefficient (Wildman–Crippen LogP) is 2.13. The lowest BCUT2D eigenvalue weighted by molar-refractivity contribution is -0.441. The Morgan fingerprint density at radius 1 is 1.05 bits per heavy atom. The average molecular weight is 284 g/mol. The maximum atomic E-state index is 10.9. The number of thioether (sulfide) groups is 1. The maximum Gasteiger partial charge on any atom is 0.422 e.